The molecule has 6 heteroatoms. The third-order valence-corrected chi connectivity index (χ3v) is 3.92. The molecule has 0 unspecified atom stereocenters. The minimum Gasteiger partial charge on any atom is -0.494 e. The molecule has 0 aliphatic rings. The van der Waals surface area contributed by atoms with Crippen LogP contribution in [0.3, 0.4) is 0 Å². The Bertz CT molecular complexity index is 627. The Balaban J connectivity index is 1.86. The first-order valence-electron chi connectivity index (χ1n) is 7.03. The van der Waals surface area contributed by atoms with Gasteiger partial charge in [-0.05, 0) is 48.3 Å². The predicted molar refractivity (Wildman–Crippen MR) is 93.5 cm³/mol. The van der Waals surface area contributed by atoms with E-state index >= 15 is 0 Å². The molecule has 0 bridgehead atoms. The summed E-state index contributed by atoms with van der Waals surface area (Å²) in [7, 11) is 0. The van der Waals surface area contributed by atoms with Crippen LogP contribution in [-0.4, -0.2) is 17.6 Å². The molecule has 1 heterocycles. The normalized spacial score (nSPS) is 10.0. The molecule has 4 nitrogen and oxygen atoms in total. The Kier molecular flexibility index (Phi) is 6.36. The zero-order valence-electron chi connectivity index (χ0n) is 12.3. The molecule has 1 aromatic carbocycles. The van der Waals surface area contributed by atoms with E-state index in [2.05, 4.69) is 10.6 Å². The van der Waals surface area contributed by atoms with Crippen LogP contribution >= 0.6 is 23.6 Å². The van der Waals surface area contributed by atoms with Crippen molar-refractivity contribution in [2.24, 2.45) is 0 Å². The van der Waals surface area contributed by atoms with E-state index in [1.807, 2.05) is 30.5 Å². The van der Waals surface area contributed by atoms with Crippen molar-refractivity contribution in [3.63, 3.8) is 0 Å². The highest BCUT2D eigenvalue weighted by Gasteiger charge is 2.09. The van der Waals surface area contributed by atoms with Gasteiger partial charge in [0.05, 0.1) is 13.2 Å². The zero-order valence-corrected chi connectivity index (χ0v) is 13.9. The van der Waals surface area contributed by atoms with Gasteiger partial charge < -0.3 is 10.1 Å². The lowest BCUT2D eigenvalue weighted by Crippen LogP contribution is -2.38. The van der Waals surface area contributed by atoms with Gasteiger partial charge in [-0.15, -0.1) is 11.3 Å². The van der Waals surface area contributed by atoms with Crippen molar-refractivity contribution < 1.29 is 9.53 Å². The third-order valence-electron chi connectivity index (χ3n) is 2.80. The molecule has 2 rings (SSSR count). The number of thiocarbonyl (C=S) groups is 1. The Morgan fingerprint density at radius 3 is 2.91 bits per heavy atom. The number of nitrogens with one attached hydrogen (secondary N) is 2. The molecule has 0 aliphatic carbocycles. The van der Waals surface area contributed by atoms with Gasteiger partial charge in [0.1, 0.15) is 5.75 Å². The van der Waals surface area contributed by atoms with Crippen LogP contribution in [0.5, 0.6) is 5.75 Å². The molecular weight excluding hydrogens is 316 g/mol. The number of thiophene rings is 1. The van der Waals surface area contributed by atoms with Gasteiger partial charge in [-0.2, -0.15) is 0 Å². The van der Waals surface area contributed by atoms with Crippen LogP contribution in [0.15, 0.2) is 41.8 Å². The molecule has 2 N–H and O–H groups in total. The first kappa shape index (κ1) is 16.5. The van der Waals surface area contributed by atoms with Gasteiger partial charge in [-0.25, -0.2) is 0 Å². The number of benzene rings is 1. The first-order valence-corrected chi connectivity index (χ1v) is 8.32. The maximum atomic E-state index is 12.2. The van der Waals surface area contributed by atoms with E-state index in [9.17, 15) is 4.79 Å². The Morgan fingerprint density at radius 2 is 2.18 bits per heavy atom. The number of hydrogen-bond donors (Lipinski definition) is 2. The van der Waals surface area contributed by atoms with Crippen LogP contribution in [-0.2, 0) is 6.54 Å². The number of ether oxygens (including phenoxy) is 1. The highest BCUT2D eigenvalue weighted by Crippen LogP contribution is 2.13. The maximum Gasteiger partial charge on any atom is 0.257 e. The molecule has 0 saturated carbocycles. The van der Waals surface area contributed by atoms with Gasteiger partial charge in [-0.3, -0.25) is 10.1 Å². The van der Waals surface area contributed by atoms with Gasteiger partial charge in [0.15, 0.2) is 5.11 Å². The van der Waals surface area contributed by atoms with Crippen molar-refractivity contribution in [2.75, 3.05) is 6.61 Å². The van der Waals surface area contributed by atoms with Crippen LogP contribution < -0.4 is 15.4 Å². The molecule has 0 aliphatic heterocycles. The largest absolute Gasteiger partial charge is 0.494 e. The molecule has 1 amide bonds. The van der Waals surface area contributed by atoms with Crippen molar-refractivity contribution in [1.82, 2.24) is 10.6 Å². The quantitative estimate of drug-likeness (QED) is 0.796. The van der Waals surface area contributed by atoms with E-state index in [1.165, 1.54) is 0 Å². The summed E-state index contributed by atoms with van der Waals surface area (Å²) in [6, 6.07) is 11.1. The Labute approximate surface area is 139 Å². The number of carbonyl (C=O) groups excluding carboxylic acids is 1. The van der Waals surface area contributed by atoms with E-state index < -0.39 is 0 Å². The SMILES string of the molecule is CCCOc1cccc(C(=O)NC(=S)NCc2cccs2)c1. The summed E-state index contributed by atoms with van der Waals surface area (Å²) < 4.78 is 5.52. The number of rotatable bonds is 6. The fraction of sp³-hybridized carbons (Fsp3) is 0.250. The van der Waals surface area contributed by atoms with Crippen LogP contribution in [0.25, 0.3) is 0 Å². The smallest absolute Gasteiger partial charge is 0.257 e. The van der Waals surface area contributed by atoms with Gasteiger partial charge in [-0.1, -0.05) is 19.1 Å². The molecule has 0 radical (unpaired) electrons. The summed E-state index contributed by atoms with van der Waals surface area (Å²) in [6.07, 6.45) is 0.924. The van der Waals surface area contributed by atoms with Crippen molar-refractivity contribution in [1.29, 1.82) is 0 Å². The summed E-state index contributed by atoms with van der Waals surface area (Å²) >= 11 is 6.77. The summed E-state index contributed by atoms with van der Waals surface area (Å²) in [4.78, 5) is 13.3. The first-order chi connectivity index (χ1) is 10.7. The second-order valence-corrected chi connectivity index (χ2v) is 6.03. The summed E-state index contributed by atoms with van der Waals surface area (Å²) in [5, 5.41) is 8.00. The third kappa shape index (κ3) is 5.13. The Morgan fingerprint density at radius 1 is 1.32 bits per heavy atom. The monoisotopic (exact) mass is 334 g/mol. The highest BCUT2D eigenvalue weighted by molar-refractivity contribution is 7.80. The van der Waals surface area contributed by atoms with E-state index in [0.29, 0.717) is 29.6 Å². The second-order valence-electron chi connectivity index (χ2n) is 4.59. The maximum absolute atomic E-state index is 12.2. The highest BCUT2D eigenvalue weighted by atomic mass is 32.1. The predicted octanol–water partition coefficient (Wildman–Crippen LogP) is 3.34. The zero-order chi connectivity index (χ0) is 15.8. The second kappa shape index (κ2) is 8.51. The van der Waals surface area contributed by atoms with Crippen LogP contribution in [0.1, 0.15) is 28.6 Å². The minimum absolute atomic E-state index is 0.245. The minimum atomic E-state index is -0.245. The molecular formula is C16H18N2O2S2. The molecule has 0 saturated heterocycles. The lowest BCUT2D eigenvalue weighted by atomic mass is 10.2. The lowest BCUT2D eigenvalue weighted by Gasteiger charge is -2.10. The number of carbonyl (C=O) groups is 1. The molecule has 0 fully saturated rings. The van der Waals surface area contributed by atoms with Crippen molar-refractivity contribution in [3.05, 3.63) is 52.2 Å². The lowest BCUT2D eigenvalue weighted by molar-refractivity contribution is 0.0976. The topological polar surface area (TPSA) is 50.4 Å². The van der Waals surface area contributed by atoms with E-state index in [4.69, 9.17) is 17.0 Å². The van der Waals surface area contributed by atoms with Crippen molar-refractivity contribution in [2.45, 2.75) is 19.9 Å². The molecule has 0 atom stereocenters. The van der Waals surface area contributed by atoms with Crippen LogP contribution in [0.4, 0.5) is 0 Å². The van der Waals surface area contributed by atoms with Gasteiger partial charge in [0, 0.05) is 10.4 Å². The number of hydrogen-bond acceptors (Lipinski definition) is 4. The van der Waals surface area contributed by atoms with Crippen molar-refractivity contribution in [3.8, 4) is 5.75 Å². The fourth-order valence-corrected chi connectivity index (χ4v) is 2.56. The van der Waals surface area contributed by atoms with E-state index in [1.54, 1.807) is 29.5 Å². The average molecular weight is 334 g/mol. The van der Waals surface area contributed by atoms with Crippen molar-refractivity contribution >= 4 is 34.6 Å². The van der Waals surface area contributed by atoms with E-state index in [0.717, 1.165) is 11.3 Å². The summed E-state index contributed by atoms with van der Waals surface area (Å²) in [6.45, 7) is 3.27. The number of amides is 1. The van der Waals surface area contributed by atoms with Gasteiger partial charge in [0.2, 0.25) is 0 Å². The molecule has 2 aromatic rings. The van der Waals surface area contributed by atoms with Crippen LogP contribution in [0, 0.1) is 0 Å². The summed E-state index contributed by atoms with van der Waals surface area (Å²) in [5.74, 6) is 0.442. The fourth-order valence-electron chi connectivity index (χ4n) is 1.75. The standard InChI is InChI=1S/C16H18N2O2S2/c1-2-8-20-13-6-3-5-12(10-13)15(19)18-16(21)17-11-14-7-4-9-22-14/h3-7,9-10H,2,8,11H2,1H3,(H2,17,18,19,21). The van der Waals surface area contributed by atoms with Crippen LogP contribution in [0.2, 0.25) is 0 Å². The summed E-state index contributed by atoms with van der Waals surface area (Å²) in [5.41, 5.74) is 0.522. The van der Waals surface area contributed by atoms with Gasteiger partial charge >= 0.3 is 0 Å². The molecule has 1 aromatic heterocycles. The van der Waals surface area contributed by atoms with E-state index in [-0.39, 0.29) is 5.91 Å². The van der Waals surface area contributed by atoms with Gasteiger partial charge in [0.25, 0.3) is 5.91 Å². The molecule has 0 spiro atoms. The molecule has 22 heavy (non-hydrogen) atoms. The molecule has 116 valence electrons. The average Bonchev–Trinajstić information content (AvgIpc) is 3.04. The Hall–Kier alpha value is -1.92.